The number of hydrogen-bond acceptors (Lipinski definition) is 3. The predicted octanol–water partition coefficient (Wildman–Crippen LogP) is 1.23. The molecule has 1 heterocycles. The molecule has 0 spiro atoms. The van der Waals surface area contributed by atoms with E-state index >= 15 is 0 Å². The fraction of sp³-hybridized carbons (Fsp3) is 0.400. The summed E-state index contributed by atoms with van der Waals surface area (Å²) in [5.41, 5.74) is 0.538. The van der Waals surface area contributed by atoms with E-state index in [2.05, 4.69) is 10.3 Å². The lowest BCUT2D eigenvalue weighted by molar-refractivity contribution is 0.0962. The van der Waals surface area contributed by atoms with Gasteiger partial charge in [-0.15, -0.1) is 0 Å². The molecule has 0 aromatic carbocycles. The number of hydrogen-bond donors (Lipinski definition) is 1. The number of aromatic nitrogens is 1. The molecule has 1 aromatic rings. The Kier molecular flexibility index (Phi) is 3.91. The van der Waals surface area contributed by atoms with Crippen molar-refractivity contribution >= 4 is 5.91 Å². The van der Waals surface area contributed by atoms with Gasteiger partial charge in [-0.25, -0.2) is 4.98 Å². The molecule has 0 fully saturated rings. The number of ether oxygens (including phenoxy) is 1. The standard InChI is InChI=1S/C10H14N2O2/c1-3-6-14-9-5-4-8(7-12-9)10(13)11-2/h4-5,7H,3,6H2,1-2H3,(H,11,13). The van der Waals surface area contributed by atoms with Crippen LogP contribution in [-0.4, -0.2) is 24.5 Å². The van der Waals surface area contributed by atoms with Gasteiger partial charge in [0.25, 0.3) is 5.91 Å². The van der Waals surface area contributed by atoms with Gasteiger partial charge in [0, 0.05) is 19.3 Å². The average molecular weight is 194 g/mol. The van der Waals surface area contributed by atoms with Crippen LogP contribution in [-0.2, 0) is 0 Å². The predicted molar refractivity (Wildman–Crippen MR) is 53.4 cm³/mol. The van der Waals surface area contributed by atoms with E-state index in [1.54, 1.807) is 19.2 Å². The molecule has 0 atom stereocenters. The quantitative estimate of drug-likeness (QED) is 0.784. The van der Waals surface area contributed by atoms with Crippen molar-refractivity contribution in [3.8, 4) is 5.88 Å². The third-order valence-corrected chi connectivity index (χ3v) is 1.68. The van der Waals surface area contributed by atoms with Gasteiger partial charge in [-0.3, -0.25) is 4.79 Å². The second-order valence-electron chi connectivity index (χ2n) is 2.81. The summed E-state index contributed by atoms with van der Waals surface area (Å²) in [6, 6.07) is 3.39. The normalized spacial score (nSPS) is 9.57. The van der Waals surface area contributed by atoms with E-state index in [1.165, 1.54) is 6.20 Å². The first-order chi connectivity index (χ1) is 6.77. The van der Waals surface area contributed by atoms with E-state index < -0.39 is 0 Å². The van der Waals surface area contributed by atoms with Crippen molar-refractivity contribution in [2.45, 2.75) is 13.3 Å². The van der Waals surface area contributed by atoms with Crippen molar-refractivity contribution in [2.75, 3.05) is 13.7 Å². The van der Waals surface area contributed by atoms with E-state index in [0.717, 1.165) is 6.42 Å². The molecular formula is C10H14N2O2. The highest BCUT2D eigenvalue weighted by molar-refractivity contribution is 5.93. The molecule has 1 aromatic heterocycles. The summed E-state index contributed by atoms with van der Waals surface area (Å²) in [6.07, 6.45) is 2.45. The zero-order valence-electron chi connectivity index (χ0n) is 8.41. The number of nitrogens with one attached hydrogen (secondary N) is 1. The molecule has 0 aliphatic carbocycles. The Balaban J connectivity index is 2.63. The van der Waals surface area contributed by atoms with Crippen LogP contribution < -0.4 is 10.1 Å². The molecule has 1 amide bonds. The summed E-state index contributed by atoms with van der Waals surface area (Å²) in [5.74, 6) is 0.416. The molecule has 0 unspecified atom stereocenters. The number of pyridine rings is 1. The van der Waals surface area contributed by atoms with Gasteiger partial charge >= 0.3 is 0 Å². The van der Waals surface area contributed by atoms with Gasteiger partial charge in [0.1, 0.15) is 0 Å². The Morgan fingerprint density at radius 3 is 2.86 bits per heavy atom. The maximum atomic E-state index is 11.1. The third-order valence-electron chi connectivity index (χ3n) is 1.68. The minimum atomic E-state index is -0.139. The highest BCUT2D eigenvalue weighted by atomic mass is 16.5. The molecule has 14 heavy (non-hydrogen) atoms. The lowest BCUT2D eigenvalue weighted by atomic mass is 10.3. The third kappa shape index (κ3) is 2.73. The van der Waals surface area contributed by atoms with Crippen LogP contribution in [0.25, 0.3) is 0 Å². The second kappa shape index (κ2) is 5.21. The largest absolute Gasteiger partial charge is 0.478 e. The summed E-state index contributed by atoms with van der Waals surface area (Å²) < 4.78 is 5.28. The van der Waals surface area contributed by atoms with Crippen molar-refractivity contribution in [1.82, 2.24) is 10.3 Å². The molecular weight excluding hydrogens is 180 g/mol. The summed E-state index contributed by atoms with van der Waals surface area (Å²) in [4.78, 5) is 15.1. The van der Waals surface area contributed by atoms with Crippen LogP contribution >= 0.6 is 0 Å². The van der Waals surface area contributed by atoms with Crippen LogP contribution in [0.15, 0.2) is 18.3 Å². The van der Waals surface area contributed by atoms with Gasteiger partial charge in [-0.1, -0.05) is 6.92 Å². The number of carbonyl (C=O) groups excluding carboxylic acids is 1. The summed E-state index contributed by atoms with van der Waals surface area (Å²) in [6.45, 7) is 2.67. The molecule has 1 rings (SSSR count). The molecule has 1 N–H and O–H groups in total. The number of carbonyl (C=O) groups is 1. The fourth-order valence-corrected chi connectivity index (χ4v) is 0.951. The van der Waals surface area contributed by atoms with Crippen LogP contribution in [0.1, 0.15) is 23.7 Å². The first-order valence-corrected chi connectivity index (χ1v) is 4.59. The summed E-state index contributed by atoms with van der Waals surface area (Å²) >= 11 is 0. The van der Waals surface area contributed by atoms with Crippen molar-refractivity contribution < 1.29 is 9.53 Å². The first kappa shape index (κ1) is 10.5. The molecule has 0 aliphatic heterocycles. The zero-order chi connectivity index (χ0) is 10.4. The van der Waals surface area contributed by atoms with Crippen molar-refractivity contribution in [3.05, 3.63) is 23.9 Å². The molecule has 76 valence electrons. The van der Waals surface area contributed by atoms with Crippen molar-refractivity contribution in [2.24, 2.45) is 0 Å². The molecule has 4 heteroatoms. The Labute approximate surface area is 83.3 Å². The van der Waals surface area contributed by atoms with Gasteiger partial charge in [0.15, 0.2) is 0 Å². The van der Waals surface area contributed by atoms with Gasteiger partial charge in [0.2, 0.25) is 5.88 Å². The lowest BCUT2D eigenvalue weighted by Crippen LogP contribution is -2.17. The van der Waals surface area contributed by atoms with Crippen LogP contribution in [0.3, 0.4) is 0 Å². The maximum absolute atomic E-state index is 11.1. The minimum absolute atomic E-state index is 0.139. The summed E-state index contributed by atoms with van der Waals surface area (Å²) in [7, 11) is 1.59. The Morgan fingerprint density at radius 2 is 2.36 bits per heavy atom. The molecule has 0 saturated carbocycles. The van der Waals surface area contributed by atoms with Crippen LogP contribution in [0.5, 0.6) is 5.88 Å². The van der Waals surface area contributed by atoms with Crippen molar-refractivity contribution in [3.63, 3.8) is 0 Å². The van der Waals surface area contributed by atoms with E-state index in [1.807, 2.05) is 6.92 Å². The highest BCUT2D eigenvalue weighted by Crippen LogP contribution is 2.07. The molecule has 0 saturated heterocycles. The Bertz CT molecular complexity index is 295. The SMILES string of the molecule is CCCOc1ccc(C(=O)NC)cn1. The number of rotatable bonds is 4. The monoisotopic (exact) mass is 194 g/mol. The smallest absolute Gasteiger partial charge is 0.252 e. The fourth-order valence-electron chi connectivity index (χ4n) is 0.951. The minimum Gasteiger partial charge on any atom is -0.478 e. The van der Waals surface area contributed by atoms with E-state index in [4.69, 9.17) is 4.74 Å². The second-order valence-corrected chi connectivity index (χ2v) is 2.81. The molecule has 0 radical (unpaired) electrons. The van der Waals surface area contributed by atoms with Crippen LogP contribution in [0.2, 0.25) is 0 Å². The van der Waals surface area contributed by atoms with Gasteiger partial charge < -0.3 is 10.1 Å². The van der Waals surface area contributed by atoms with Crippen LogP contribution in [0.4, 0.5) is 0 Å². The Morgan fingerprint density at radius 1 is 1.57 bits per heavy atom. The topological polar surface area (TPSA) is 51.2 Å². The highest BCUT2D eigenvalue weighted by Gasteiger charge is 2.03. The van der Waals surface area contributed by atoms with E-state index in [9.17, 15) is 4.79 Å². The average Bonchev–Trinajstić information content (AvgIpc) is 2.26. The first-order valence-electron chi connectivity index (χ1n) is 4.59. The van der Waals surface area contributed by atoms with Gasteiger partial charge in [-0.05, 0) is 12.5 Å². The maximum Gasteiger partial charge on any atom is 0.252 e. The molecule has 4 nitrogen and oxygen atoms in total. The number of amides is 1. The summed E-state index contributed by atoms with van der Waals surface area (Å²) in [5, 5.41) is 2.52. The number of nitrogens with zero attached hydrogens (tertiary/aromatic N) is 1. The van der Waals surface area contributed by atoms with Crippen LogP contribution in [0, 0.1) is 0 Å². The van der Waals surface area contributed by atoms with Gasteiger partial charge in [-0.2, -0.15) is 0 Å². The Hall–Kier alpha value is -1.58. The van der Waals surface area contributed by atoms with E-state index in [-0.39, 0.29) is 5.91 Å². The molecule has 0 bridgehead atoms. The van der Waals surface area contributed by atoms with Crippen molar-refractivity contribution in [1.29, 1.82) is 0 Å². The molecule has 0 aliphatic rings. The lowest BCUT2D eigenvalue weighted by Gasteiger charge is -2.03. The zero-order valence-corrected chi connectivity index (χ0v) is 8.41. The van der Waals surface area contributed by atoms with Gasteiger partial charge in [0.05, 0.1) is 12.2 Å². The van der Waals surface area contributed by atoms with E-state index in [0.29, 0.717) is 18.1 Å².